The molecule has 4 heteroatoms. The van der Waals surface area contributed by atoms with Crippen molar-refractivity contribution in [2.45, 2.75) is 97.6 Å². The average molecular weight is 438 g/mol. The van der Waals surface area contributed by atoms with Crippen LogP contribution < -0.4 is 0 Å². The van der Waals surface area contributed by atoms with Crippen molar-refractivity contribution in [3.8, 4) is 6.07 Å². The predicted molar refractivity (Wildman–Crippen MR) is 126 cm³/mol. The summed E-state index contributed by atoms with van der Waals surface area (Å²) in [6.07, 6.45) is 15.6. The zero-order valence-corrected chi connectivity index (χ0v) is 20.6. The molecule has 0 spiro atoms. The Labute approximate surface area is 194 Å². The fraction of sp³-hybridized carbons (Fsp3) is 0.857. The van der Waals surface area contributed by atoms with Gasteiger partial charge < -0.3 is 5.11 Å². The molecule has 1 aromatic rings. The zero-order chi connectivity index (χ0) is 22.7. The van der Waals surface area contributed by atoms with Crippen LogP contribution in [0.1, 0.15) is 91.0 Å². The number of nitrogens with zero attached hydrogens (tertiary/aromatic N) is 3. The number of aromatic nitrogens is 2. The van der Waals surface area contributed by atoms with Crippen LogP contribution in [0, 0.1) is 64.1 Å². The van der Waals surface area contributed by atoms with Crippen LogP contribution in [0.3, 0.4) is 0 Å². The van der Waals surface area contributed by atoms with E-state index >= 15 is 0 Å². The van der Waals surface area contributed by atoms with Crippen LogP contribution in [-0.4, -0.2) is 20.5 Å². The van der Waals surface area contributed by atoms with Crippen LogP contribution in [0.15, 0.2) is 12.4 Å². The van der Waals surface area contributed by atoms with Crippen LogP contribution >= 0.6 is 0 Å². The van der Waals surface area contributed by atoms with Crippen molar-refractivity contribution >= 4 is 0 Å². The van der Waals surface area contributed by atoms with Gasteiger partial charge in [-0.15, -0.1) is 0 Å². The van der Waals surface area contributed by atoms with Gasteiger partial charge in [-0.1, -0.05) is 33.6 Å². The Morgan fingerprint density at radius 3 is 2.66 bits per heavy atom. The van der Waals surface area contributed by atoms with Crippen molar-refractivity contribution in [1.29, 1.82) is 5.26 Å². The summed E-state index contributed by atoms with van der Waals surface area (Å²) in [4.78, 5) is 0. The lowest BCUT2D eigenvalue weighted by atomic mass is 9.42. The van der Waals surface area contributed by atoms with E-state index in [1.807, 2.05) is 6.92 Å². The third-order valence-corrected chi connectivity index (χ3v) is 10.8. The van der Waals surface area contributed by atoms with Gasteiger partial charge in [-0.25, -0.2) is 0 Å². The molecular formula is C28H43N3O. The minimum absolute atomic E-state index is 0.197. The maximum Gasteiger partial charge on any atom is 0.102 e. The van der Waals surface area contributed by atoms with E-state index < -0.39 is 5.60 Å². The molecule has 1 heterocycles. The van der Waals surface area contributed by atoms with Gasteiger partial charge in [0.05, 0.1) is 23.9 Å². The third kappa shape index (κ3) is 3.64. The molecular weight excluding hydrogens is 394 g/mol. The molecule has 4 unspecified atom stereocenters. The van der Waals surface area contributed by atoms with Gasteiger partial charge in [-0.3, -0.25) is 4.68 Å². The molecule has 10 atom stereocenters. The molecule has 4 aliphatic rings. The van der Waals surface area contributed by atoms with Crippen molar-refractivity contribution in [2.24, 2.45) is 52.8 Å². The minimum atomic E-state index is -0.809. The van der Waals surface area contributed by atoms with Crippen molar-refractivity contribution in [2.75, 3.05) is 0 Å². The first kappa shape index (κ1) is 22.5. The average Bonchev–Trinajstić information content (AvgIpc) is 3.19. The van der Waals surface area contributed by atoms with Gasteiger partial charge >= 0.3 is 0 Å². The van der Waals surface area contributed by atoms with Crippen LogP contribution in [0.2, 0.25) is 0 Å². The molecule has 1 aromatic heterocycles. The van der Waals surface area contributed by atoms with E-state index in [9.17, 15) is 5.11 Å². The van der Waals surface area contributed by atoms with Crippen molar-refractivity contribution < 1.29 is 5.11 Å². The fourth-order valence-electron chi connectivity index (χ4n) is 9.75. The van der Waals surface area contributed by atoms with Crippen LogP contribution in [-0.2, 0) is 6.54 Å². The summed E-state index contributed by atoms with van der Waals surface area (Å²) in [5, 5.41) is 25.4. The Morgan fingerprint density at radius 2 is 1.91 bits per heavy atom. The molecule has 0 amide bonds. The van der Waals surface area contributed by atoms with Crippen LogP contribution in [0.5, 0.6) is 0 Å². The van der Waals surface area contributed by atoms with E-state index in [4.69, 9.17) is 5.26 Å². The highest BCUT2D eigenvalue weighted by molar-refractivity contribution is 5.21. The number of fused-ring (bicyclic) bond motifs is 5. The Kier molecular flexibility index (Phi) is 5.72. The van der Waals surface area contributed by atoms with Gasteiger partial charge in [-0.2, -0.15) is 10.4 Å². The molecule has 5 rings (SSSR count). The van der Waals surface area contributed by atoms with Gasteiger partial charge in [0, 0.05) is 6.20 Å². The minimum Gasteiger partial charge on any atom is -0.388 e. The Morgan fingerprint density at radius 1 is 1.12 bits per heavy atom. The van der Waals surface area contributed by atoms with Crippen molar-refractivity contribution in [3.63, 3.8) is 0 Å². The van der Waals surface area contributed by atoms with E-state index in [0.29, 0.717) is 12.1 Å². The van der Waals surface area contributed by atoms with E-state index in [1.165, 1.54) is 51.4 Å². The monoisotopic (exact) mass is 437 g/mol. The first-order valence-electron chi connectivity index (χ1n) is 13.4. The summed E-state index contributed by atoms with van der Waals surface area (Å²) >= 11 is 0. The molecule has 176 valence electrons. The summed E-state index contributed by atoms with van der Waals surface area (Å²) in [7, 11) is 0. The van der Waals surface area contributed by atoms with E-state index in [-0.39, 0.29) is 11.3 Å². The maximum atomic E-state index is 11.8. The third-order valence-electron chi connectivity index (χ3n) is 10.8. The molecule has 4 nitrogen and oxygen atoms in total. The summed E-state index contributed by atoms with van der Waals surface area (Å²) in [5.41, 5.74) is -0.0420. The number of aliphatic hydroxyl groups is 1. The smallest absolute Gasteiger partial charge is 0.102 e. The van der Waals surface area contributed by atoms with Gasteiger partial charge in [0.15, 0.2) is 0 Å². The number of hydrogen-bond donors (Lipinski definition) is 1. The number of hydrogen-bond acceptors (Lipinski definition) is 3. The summed E-state index contributed by atoms with van der Waals surface area (Å²) in [5.74, 6) is 6.44. The highest BCUT2D eigenvalue weighted by Gasteiger charge is 2.60. The lowest BCUT2D eigenvalue weighted by molar-refractivity contribution is -0.180. The second-order valence-corrected chi connectivity index (χ2v) is 12.8. The van der Waals surface area contributed by atoms with Gasteiger partial charge in [0.1, 0.15) is 6.07 Å². The lowest BCUT2D eigenvalue weighted by Crippen LogP contribution is -2.60. The standard InChI is InChI=1S/C28H43N3O/c1-18-5-8-22-21(13-18)7-9-24-23(22)11-12-27(3)25(10-6-19(2)26(24)27)28(4,32)17-31-16-20(14-29)15-30-31/h15-16,18-19,21-26,32H,5-13,17H2,1-4H3/t18-,19+,21?,22-,23?,24+,25-,26?,27+,28?/m0/s1. The molecule has 32 heavy (non-hydrogen) atoms. The highest BCUT2D eigenvalue weighted by atomic mass is 16.3. The van der Waals surface area contributed by atoms with E-state index in [1.54, 1.807) is 17.1 Å². The summed E-state index contributed by atoms with van der Waals surface area (Å²) in [6.45, 7) is 10.0. The topological polar surface area (TPSA) is 61.8 Å². The number of rotatable bonds is 3. The largest absolute Gasteiger partial charge is 0.388 e. The van der Waals surface area contributed by atoms with Crippen LogP contribution in [0.25, 0.3) is 0 Å². The van der Waals surface area contributed by atoms with Crippen molar-refractivity contribution in [1.82, 2.24) is 9.78 Å². The highest BCUT2D eigenvalue weighted by Crippen LogP contribution is 2.65. The molecule has 4 fully saturated rings. The van der Waals surface area contributed by atoms with Crippen LogP contribution in [0.4, 0.5) is 0 Å². The molecule has 4 aliphatic carbocycles. The quantitative estimate of drug-likeness (QED) is 0.626. The van der Waals surface area contributed by atoms with E-state index in [0.717, 1.165) is 47.8 Å². The SMILES string of the molecule is C[C@H]1CC[C@H]2C(CC[C@@H]3C2CC[C@@]2(C)C3[C@H](C)CC[C@@H]2C(C)(O)Cn2cc(C#N)cn2)C1. The molecule has 0 saturated heterocycles. The Balaban J connectivity index is 1.40. The fourth-order valence-corrected chi connectivity index (χ4v) is 9.75. The number of nitriles is 1. The van der Waals surface area contributed by atoms with Gasteiger partial charge in [0.25, 0.3) is 0 Å². The second-order valence-electron chi connectivity index (χ2n) is 12.8. The summed E-state index contributed by atoms with van der Waals surface area (Å²) in [6, 6.07) is 2.16. The van der Waals surface area contributed by atoms with Gasteiger partial charge in [-0.05, 0) is 105 Å². The second kappa shape index (κ2) is 8.15. The van der Waals surface area contributed by atoms with Gasteiger partial charge in [0.2, 0.25) is 0 Å². The first-order chi connectivity index (χ1) is 15.2. The zero-order valence-electron chi connectivity index (χ0n) is 20.6. The normalized spacial score (nSPS) is 45.6. The molecule has 4 saturated carbocycles. The summed E-state index contributed by atoms with van der Waals surface area (Å²) < 4.78 is 1.79. The molecule has 0 aliphatic heterocycles. The Bertz CT molecular complexity index is 868. The molecule has 1 N–H and O–H groups in total. The Hall–Kier alpha value is -1.34. The first-order valence-corrected chi connectivity index (χ1v) is 13.4. The molecule has 0 radical (unpaired) electrons. The predicted octanol–water partition coefficient (Wildman–Crippen LogP) is 6.05. The lowest BCUT2D eigenvalue weighted by Gasteiger charge is -2.64. The maximum absolute atomic E-state index is 11.8. The van der Waals surface area contributed by atoms with E-state index in [2.05, 4.69) is 31.9 Å². The molecule has 0 aromatic carbocycles. The van der Waals surface area contributed by atoms with Crippen molar-refractivity contribution in [3.05, 3.63) is 18.0 Å². The molecule has 0 bridgehead atoms.